The number of hydrogen-bond acceptors (Lipinski definition) is 1. The Balaban J connectivity index is 0. The van der Waals surface area contributed by atoms with E-state index in [0.29, 0.717) is 5.62 Å². The molecule has 0 heterocycles. The summed E-state index contributed by atoms with van der Waals surface area (Å²) in [4.78, 5) is 8.67. The van der Waals surface area contributed by atoms with Crippen LogP contribution < -0.4 is 0 Å². The predicted octanol–water partition coefficient (Wildman–Crippen LogP) is 0.104. The molecule has 0 aromatic heterocycles. The first-order valence-corrected chi connectivity index (χ1v) is 1.01. The van der Waals surface area contributed by atoms with Gasteiger partial charge in [0, 0.05) is 17.1 Å². The average molecular weight is 118 g/mol. The van der Waals surface area contributed by atoms with Gasteiger partial charge >= 0.3 is 0 Å². The largest absolute Gasteiger partial charge is 0.291 e. The van der Waals surface area contributed by atoms with Crippen molar-refractivity contribution in [2.45, 2.75) is 0 Å². The van der Waals surface area contributed by atoms with E-state index in [-0.39, 0.29) is 17.1 Å². The number of rotatable bonds is 0. The molecule has 0 rings (SSSR count). The molecule has 0 saturated carbocycles. The van der Waals surface area contributed by atoms with Gasteiger partial charge in [-0.2, -0.15) is 0 Å². The summed E-state index contributed by atoms with van der Waals surface area (Å²) < 4.78 is 0. The summed E-state index contributed by atoms with van der Waals surface area (Å²) in [5.74, 6) is 0. The number of carbonyl (C=O) groups is 1. The van der Waals surface area contributed by atoms with Crippen molar-refractivity contribution in [2.75, 3.05) is 0 Å². The Morgan fingerprint density at radius 1 is 1.75 bits per heavy atom. The molecule has 0 amide bonds. The minimum absolute atomic E-state index is 0. The third-order valence-electron chi connectivity index (χ3n) is 0. The van der Waals surface area contributed by atoms with Crippen molar-refractivity contribution in [1.29, 1.82) is 0 Å². The molecule has 26 valence electrons. The number of carbonyl (C=O) groups excluding carboxylic acids is 1. The Bertz CT molecular complexity index is 15.5. The quantitative estimate of drug-likeness (QED) is 0.271. The van der Waals surface area contributed by atoms with Crippen LogP contribution in [0.5, 0.6) is 0 Å². The zero-order valence-electron chi connectivity index (χ0n) is 1.79. The standard InChI is InChI=1S/CH2OS.Fe/c2-1-3;/h1H,(H,2,3);. The van der Waals surface area contributed by atoms with Gasteiger partial charge in [0.1, 0.15) is 0 Å². The molecule has 0 bridgehead atoms. The molecule has 4 heavy (non-hydrogen) atoms. The van der Waals surface area contributed by atoms with E-state index in [9.17, 15) is 0 Å². The smallest absolute Gasteiger partial charge is 0.173 e. The van der Waals surface area contributed by atoms with Gasteiger partial charge in [-0.1, -0.05) is 0 Å². The molecule has 3 heteroatoms. The second-order valence-corrected chi connectivity index (χ2v) is 0.316. The SMILES string of the molecule is O=CS.[Fe]. The molecule has 0 N–H and O–H groups in total. The maximum Gasteiger partial charge on any atom is 0.173 e. The number of hydrogen-bond donors (Lipinski definition) is 1. The van der Waals surface area contributed by atoms with E-state index in [1.807, 2.05) is 0 Å². The van der Waals surface area contributed by atoms with Crippen molar-refractivity contribution in [3.63, 3.8) is 0 Å². The van der Waals surface area contributed by atoms with Crippen molar-refractivity contribution < 1.29 is 21.9 Å². The molecule has 0 atom stereocenters. The Hall–Kier alpha value is 0.539. The van der Waals surface area contributed by atoms with Crippen LogP contribution in [0.4, 0.5) is 0 Å². The van der Waals surface area contributed by atoms with E-state index in [1.54, 1.807) is 0 Å². The van der Waals surface area contributed by atoms with E-state index in [0.717, 1.165) is 0 Å². The van der Waals surface area contributed by atoms with Gasteiger partial charge in [-0.25, -0.2) is 0 Å². The van der Waals surface area contributed by atoms with E-state index < -0.39 is 0 Å². The first-order chi connectivity index (χ1) is 1.41. The van der Waals surface area contributed by atoms with Gasteiger partial charge in [0.25, 0.3) is 0 Å². The molecule has 0 aliphatic heterocycles. The molecule has 0 saturated heterocycles. The van der Waals surface area contributed by atoms with Crippen LogP contribution in [-0.4, -0.2) is 5.62 Å². The van der Waals surface area contributed by atoms with Gasteiger partial charge in [0.2, 0.25) is 0 Å². The van der Waals surface area contributed by atoms with E-state index in [4.69, 9.17) is 4.79 Å². The molecule has 0 aromatic carbocycles. The summed E-state index contributed by atoms with van der Waals surface area (Å²) in [7, 11) is 0. The second kappa shape index (κ2) is 9.63. The Morgan fingerprint density at radius 3 is 1.75 bits per heavy atom. The first kappa shape index (κ1) is 8.82. The molecular formula is CH2FeOS. The van der Waals surface area contributed by atoms with Crippen LogP contribution in [0.3, 0.4) is 0 Å². The van der Waals surface area contributed by atoms with Crippen molar-refractivity contribution in [3.8, 4) is 0 Å². The summed E-state index contributed by atoms with van der Waals surface area (Å²) in [6.45, 7) is 0. The normalized spacial score (nSPS) is 3.25. The van der Waals surface area contributed by atoms with Crippen molar-refractivity contribution in [2.24, 2.45) is 0 Å². The summed E-state index contributed by atoms with van der Waals surface area (Å²) in [5.41, 5.74) is 0.444. The zero-order chi connectivity index (χ0) is 2.71. The Labute approximate surface area is 40.7 Å². The summed E-state index contributed by atoms with van der Waals surface area (Å²) in [6.07, 6.45) is 0. The molecule has 1 nitrogen and oxygen atoms in total. The zero-order valence-corrected chi connectivity index (χ0v) is 3.78. The van der Waals surface area contributed by atoms with E-state index in [1.165, 1.54) is 0 Å². The summed E-state index contributed by atoms with van der Waals surface area (Å²) in [6, 6.07) is 0. The fraction of sp³-hybridized carbons (Fsp3) is 0. The fourth-order valence-electron chi connectivity index (χ4n) is 0. The van der Waals surface area contributed by atoms with Crippen LogP contribution in [0.25, 0.3) is 0 Å². The van der Waals surface area contributed by atoms with Gasteiger partial charge in [0.15, 0.2) is 5.62 Å². The van der Waals surface area contributed by atoms with Gasteiger partial charge in [-0.05, 0) is 0 Å². The topological polar surface area (TPSA) is 17.1 Å². The molecular weight excluding hydrogens is 116 g/mol. The third-order valence-corrected chi connectivity index (χ3v) is 0. The van der Waals surface area contributed by atoms with Crippen LogP contribution in [0, 0.1) is 0 Å². The van der Waals surface area contributed by atoms with Gasteiger partial charge in [-0.15, -0.1) is 12.6 Å². The maximum absolute atomic E-state index is 8.67. The second-order valence-electron chi connectivity index (χ2n) is 0.105. The van der Waals surface area contributed by atoms with E-state index in [2.05, 4.69) is 12.6 Å². The van der Waals surface area contributed by atoms with Crippen molar-refractivity contribution in [1.82, 2.24) is 0 Å². The first-order valence-electron chi connectivity index (χ1n) is 0.494. The van der Waals surface area contributed by atoms with Crippen molar-refractivity contribution >= 4 is 18.2 Å². The van der Waals surface area contributed by atoms with E-state index >= 15 is 0 Å². The number of thiol groups is 1. The van der Waals surface area contributed by atoms with Crippen LogP contribution in [0.15, 0.2) is 0 Å². The molecule has 0 aliphatic rings. The molecule has 0 aliphatic carbocycles. The predicted molar refractivity (Wildman–Crippen MR) is 15.7 cm³/mol. The molecule has 0 aromatic rings. The summed E-state index contributed by atoms with van der Waals surface area (Å²) >= 11 is 3.11. The van der Waals surface area contributed by atoms with Crippen molar-refractivity contribution in [3.05, 3.63) is 0 Å². The third kappa shape index (κ3) is 20.7. The minimum atomic E-state index is 0. The fourth-order valence-corrected chi connectivity index (χ4v) is 0. The van der Waals surface area contributed by atoms with Crippen LogP contribution >= 0.6 is 12.6 Å². The Kier molecular flexibility index (Phi) is 21.2. The molecule has 0 spiro atoms. The van der Waals surface area contributed by atoms with Crippen LogP contribution in [-0.2, 0) is 21.9 Å². The maximum atomic E-state index is 8.67. The van der Waals surface area contributed by atoms with Gasteiger partial charge in [0.05, 0.1) is 0 Å². The van der Waals surface area contributed by atoms with Gasteiger partial charge in [-0.3, -0.25) is 4.79 Å². The Morgan fingerprint density at radius 2 is 1.75 bits per heavy atom. The minimum Gasteiger partial charge on any atom is -0.291 e. The van der Waals surface area contributed by atoms with Gasteiger partial charge < -0.3 is 0 Å². The monoisotopic (exact) mass is 118 g/mol. The molecule has 0 radical (unpaired) electrons. The average Bonchev–Trinajstić information content (AvgIpc) is 0.918. The van der Waals surface area contributed by atoms with Crippen LogP contribution in [0.1, 0.15) is 0 Å². The summed E-state index contributed by atoms with van der Waals surface area (Å²) in [5, 5.41) is 0. The molecule has 0 fully saturated rings. The molecule has 0 unspecified atom stereocenters. The van der Waals surface area contributed by atoms with Crippen LogP contribution in [0.2, 0.25) is 0 Å².